The van der Waals surface area contributed by atoms with Gasteiger partial charge in [0.1, 0.15) is 0 Å². The summed E-state index contributed by atoms with van der Waals surface area (Å²) in [5.41, 5.74) is 3.56. The molecule has 0 saturated heterocycles. The van der Waals surface area contributed by atoms with Gasteiger partial charge in [0, 0.05) is 14.1 Å². The van der Waals surface area contributed by atoms with Crippen LogP contribution in [-0.2, 0) is 6.42 Å². The highest BCUT2D eigenvalue weighted by atomic mass is 14.8. The van der Waals surface area contributed by atoms with Crippen molar-refractivity contribution < 1.29 is 1.37 Å². The van der Waals surface area contributed by atoms with Gasteiger partial charge in [0.2, 0.25) is 0 Å². The summed E-state index contributed by atoms with van der Waals surface area (Å²) in [5, 5.41) is 3.14. The Hall–Kier alpha value is -0.980. The molecule has 1 aromatic rings. The number of aryl methyl sites for hydroxylation is 2. The lowest BCUT2D eigenvalue weighted by Crippen LogP contribution is -1.94. The van der Waals surface area contributed by atoms with Crippen molar-refractivity contribution in [1.29, 1.82) is 0 Å². The van der Waals surface area contributed by atoms with Crippen LogP contribution < -0.4 is 5.32 Å². The summed E-state index contributed by atoms with van der Waals surface area (Å²) in [6.07, 6.45) is 1.02. The molecule has 0 aromatic heterocycles. The van der Waals surface area contributed by atoms with Crippen LogP contribution in [0.1, 0.15) is 19.4 Å². The number of anilines is 1. The van der Waals surface area contributed by atoms with E-state index in [1.165, 1.54) is 11.3 Å². The fraction of sp³-hybridized carbons (Fsp3) is 0.400. The molecule has 0 bridgehead atoms. The van der Waals surface area contributed by atoms with Crippen molar-refractivity contribution in [1.82, 2.24) is 0 Å². The molecule has 1 nitrogen and oxygen atoms in total. The molecular weight excluding hydrogens is 134 g/mol. The predicted molar refractivity (Wildman–Crippen MR) is 50.1 cm³/mol. The van der Waals surface area contributed by atoms with Crippen molar-refractivity contribution in [3.63, 3.8) is 0 Å². The summed E-state index contributed by atoms with van der Waals surface area (Å²) < 4.78 is 7.22. The van der Waals surface area contributed by atoms with Crippen LogP contribution in [0, 0.1) is 6.90 Å². The molecule has 60 valence electrons. The van der Waals surface area contributed by atoms with Gasteiger partial charge >= 0.3 is 0 Å². The Morgan fingerprint density at radius 3 is 2.91 bits per heavy atom. The van der Waals surface area contributed by atoms with E-state index in [-0.39, 0.29) is 0 Å². The predicted octanol–water partition coefficient (Wildman–Crippen LogP) is 2.60. The molecule has 0 spiro atoms. The highest BCUT2D eigenvalue weighted by Gasteiger charge is 1.96. The fourth-order valence-electron chi connectivity index (χ4n) is 1.18. The molecule has 0 unspecified atom stereocenters. The second-order valence-electron chi connectivity index (χ2n) is 2.60. The minimum atomic E-state index is 0.372. The third-order valence-electron chi connectivity index (χ3n) is 1.82. The Bertz CT molecular complexity index is 258. The van der Waals surface area contributed by atoms with Crippen molar-refractivity contribution in [2.45, 2.75) is 20.2 Å². The van der Waals surface area contributed by atoms with Gasteiger partial charge in [-0.15, -0.1) is 0 Å². The molecule has 11 heavy (non-hydrogen) atoms. The Morgan fingerprint density at radius 1 is 1.55 bits per heavy atom. The number of rotatable bonds is 2. The quantitative estimate of drug-likeness (QED) is 0.683. The first-order valence-corrected chi connectivity index (χ1v) is 3.90. The Morgan fingerprint density at radius 2 is 2.36 bits per heavy atom. The zero-order valence-corrected chi connectivity index (χ0v) is 7.15. The first-order valence-electron chi connectivity index (χ1n) is 4.61. The first kappa shape index (κ1) is 6.71. The van der Waals surface area contributed by atoms with Crippen molar-refractivity contribution >= 4 is 5.69 Å². The summed E-state index contributed by atoms with van der Waals surface area (Å²) in [6, 6.07) is 6.14. The van der Waals surface area contributed by atoms with Crippen molar-refractivity contribution in [2.75, 3.05) is 12.4 Å². The minimum Gasteiger partial charge on any atom is -0.388 e. The Labute approximate surface area is 69.8 Å². The summed E-state index contributed by atoms with van der Waals surface area (Å²) >= 11 is 0. The molecule has 0 aliphatic rings. The molecule has 1 rings (SSSR count). The summed E-state index contributed by atoms with van der Waals surface area (Å²) in [7, 11) is 1.93. The summed E-state index contributed by atoms with van der Waals surface area (Å²) in [5.74, 6) is 0. The second kappa shape index (κ2) is 3.42. The third kappa shape index (κ3) is 1.73. The van der Waals surface area contributed by atoms with E-state index in [1.54, 1.807) is 0 Å². The molecule has 1 N–H and O–H groups in total. The lowest BCUT2D eigenvalue weighted by Gasteiger charge is -2.07. The van der Waals surface area contributed by atoms with Crippen LogP contribution in [-0.4, -0.2) is 7.05 Å². The van der Waals surface area contributed by atoms with Crippen molar-refractivity contribution in [3.8, 4) is 0 Å². The van der Waals surface area contributed by atoms with Crippen LogP contribution in [0.2, 0.25) is 0 Å². The van der Waals surface area contributed by atoms with Gasteiger partial charge in [0.15, 0.2) is 0 Å². The Balaban J connectivity index is 3.02. The van der Waals surface area contributed by atoms with Crippen molar-refractivity contribution in [2.24, 2.45) is 0 Å². The lowest BCUT2D eigenvalue weighted by molar-refractivity contribution is 1.13. The summed E-state index contributed by atoms with van der Waals surface area (Å²) in [4.78, 5) is 0. The van der Waals surface area contributed by atoms with Crippen LogP contribution in [0.3, 0.4) is 0 Å². The van der Waals surface area contributed by atoms with Gasteiger partial charge in [-0.1, -0.05) is 24.6 Å². The molecule has 0 atom stereocenters. The largest absolute Gasteiger partial charge is 0.388 e. The van der Waals surface area contributed by atoms with Gasteiger partial charge in [0.05, 0.1) is 0 Å². The number of hydrogen-bond donors (Lipinski definition) is 1. The van der Waals surface area contributed by atoms with E-state index in [0.29, 0.717) is 6.90 Å². The topological polar surface area (TPSA) is 12.0 Å². The molecule has 0 saturated carbocycles. The van der Waals surface area contributed by atoms with Gasteiger partial charge in [-0.2, -0.15) is 0 Å². The molecular formula is C10H15N. The van der Waals surface area contributed by atoms with E-state index in [2.05, 4.69) is 18.3 Å². The van der Waals surface area contributed by atoms with Gasteiger partial charge < -0.3 is 5.32 Å². The van der Waals surface area contributed by atoms with Crippen LogP contribution >= 0.6 is 0 Å². The smallest absolute Gasteiger partial charge is 0.0370 e. The second-order valence-corrected chi connectivity index (χ2v) is 2.60. The van der Waals surface area contributed by atoms with Gasteiger partial charge in [-0.05, 0) is 25.0 Å². The monoisotopic (exact) mass is 150 g/mol. The highest BCUT2D eigenvalue weighted by molar-refractivity contribution is 5.52. The molecule has 0 aliphatic heterocycles. The maximum absolute atomic E-state index is 7.22. The maximum atomic E-state index is 7.22. The highest BCUT2D eigenvalue weighted by Crippen LogP contribution is 2.16. The SMILES string of the molecule is [2H]Cc1ccc(NC)c(CC)c1. The molecule has 0 heterocycles. The van der Waals surface area contributed by atoms with Crippen LogP contribution in [0.5, 0.6) is 0 Å². The van der Waals surface area contributed by atoms with Crippen molar-refractivity contribution in [3.05, 3.63) is 29.3 Å². The number of nitrogens with one attached hydrogen (secondary N) is 1. The summed E-state index contributed by atoms with van der Waals surface area (Å²) in [6.45, 7) is 2.50. The van der Waals surface area contributed by atoms with Crippen LogP contribution in [0.15, 0.2) is 18.2 Å². The van der Waals surface area contributed by atoms with Gasteiger partial charge in [-0.25, -0.2) is 0 Å². The van der Waals surface area contributed by atoms with Crippen LogP contribution in [0.25, 0.3) is 0 Å². The fourth-order valence-corrected chi connectivity index (χ4v) is 1.18. The molecule has 1 heteroatoms. The zero-order chi connectivity index (χ0) is 8.97. The minimum absolute atomic E-state index is 0.372. The molecule has 0 fully saturated rings. The standard InChI is InChI=1S/C10H15N/c1-4-9-7-8(2)5-6-10(9)11-3/h5-7,11H,4H2,1-3H3/i2D. The van der Waals surface area contributed by atoms with E-state index in [1.807, 2.05) is 19.2 Å². The van der Waals surface area contributed by atoms with E-state index < -0.39 is 0 Å². The molecule has 0 radical (unpaired) electrons. The number of hydrogen-bond acceptors (Lipinski definition) is 1. The zero-order valence-electron chi connectivity index (χ0n) is 8.15. The average molecular weight is 150 g/mol. The average Bonchev–Trinajstić information content (AvgIpc) is 2.16. The molecule has 0 amide bonds. The maximum Gasteiger partial charge on any atom is 0.0370 e. The third-order valence-corrected chi connectivity index (χ3v) is 1.82. The molecule has 0 aliphatic carbocycles. The number of benzene rings is 1. The van der Waals surface area contributed by atoms with E-state index >= 15 is 0 Å². The Kier molecular flexibility index (Phi) is 2.09. The van der Waals surface area contributed by atoms with E-state index in [4.69, 9.17) is 1.37 Å². The molecule has 1 aromatic carbocycles. The van der Waals surface area contributed by atoms with Gasteiger partial charge in [0.25, 0.3) is 0 Å². The van der Waals surface area contributed by atoms with E-state index in [0.717, 1.165) is 12.0 Å². The van der Waals surface area contributed by atoms with Crippen LogP contribution in [0.4, 0.5) is 5.69 Å². The van der Waals surface area contributed by atoms with E-state index in [9.17, 15) is 0 Å². The normalized spacial score (nSPS) is 10.9. The van der Waals surface area contributed by atoms with Gasteiger partial charge in [-0.3, -0.25) is 0 Å². The first-order chi connectivity index (χ1) is 5.81. The lowest BCUT2D eigenvalue weighted by atomic mass is 10.1.